The number of hydrogen-bond acceptors (Lipinski definition) is 5. The van der Waals surface area contributed by atoms with Crippen molar-refractivity contribution in [1.82, 2.24) is 10.1 Å². The zero-order valence-electron chi connectivity index (χ0n) is 8.35. The van der Waals surface area contributed by atoms with Gasteiger partial charge >= 0.3 is 0 Å². The van der Waals surface area contributed by atoms with Crippen LogP contribution >= 0.6 is 15.9 Å². The Kier molecular flexibility index (Phi) is 2.53. The van der Waals surface area contributed by atoms with Gasteiger partial charge in [-0.3, -0.25) is 0 Å². The number of halogens is 1. The summed E-state index contributed by atoms with van der Waals surface area (Å²) in [6.45, 7) is 0.759. The number of aromatic nitrogens is 2. The minimum atomic E-state index is -0.0559. The normalized spacial score (nSPS) is 20.4. The van der Waals surface area contributed by atoms with Crippen LogP contribution in [0.1, 0.15) is 24.8 Å². The van der Waals surface area contributed by atoms with Crippen molar-refractivity contribution in [2.45, 2.75) is 18.9 Å². The molecule has 0 radical (unpaired) electrons. The van der Waals surface area contributed by atoms with E-state index in [0.29, 0.717) is 22.1 Å². The van der Waals surface area contributed by atoms with Crippen LogP contribution in [0.3, 0.4) is 0 Å². The molecule has 1 aliphatic rings. The van der Waals surface area contributed by atoms with Crippen molar-refractivity contribution in [3.8, 4) is 11.6 Å². The second-order valence-corrected chi connectivity index (χ2v) is 4.34. The van der Waals surface area contributed by atoms with Crippen molar-refractivity contribution in [1.29, 1.82) is 0 Å². The van der Waals surface area contributed by atoms with Crippen molar-refractivity contribution in [2.75, 3.05) is 6.61 Å². The summed E-state index contributed by atoms with van der Waals surface area (Å²) in [6, 6.07) is 3.58. The van der Waals surface area contributed by atoms with E-state index in [1.807, 2.05) is 0 Å². The smallest absolute Gasteiger partial charge is 0.256 e. The van der Waals surface area contributed by atoms with Crippen LogP contribution < -0.4 is 0 Å². The van der Waals surface area contributed by atoms with Gasteiger partial charge in [-0.25, -0.2) is 0 Å². The van der Waals surface area contributed by atoms with Gasteiger partial charge in [-0.2, -0.15) is 4.98 Å². The van der Waals surface area contributed by atoms with Gasteiger partial charge < -0.3 is 13.7 Å². The molecular weight excluding hydrogens is 276 g/mol. The third-order valence-corrected chi connectivity index (χ3v) is 2.87. The molecule has 16 heavy (non-hydrogen) atoms. The van der Waals surface area contributed by atoms with Crippen LogP contribution in [0, 0.1) is 0 Å². The van der Waals surface area contributed by atoms with Gasteiger partial charge in [0.2, 0.25) is 5.82 Å². The van der Waals surface area contributed by atoms with Crippen LogP contribution in [0.4, 0.5) is 0 Å². The predicted molar refractivity (Wildman–Crippen MR) is 57.6 cm³/mol. The molecule has 0 amide bonds. The topological polar surface area (TPSA) is 61.3 Å². The van der Waals surface area contributed by atoms with Crippen LogP contribution in [-0.2, 0) is 4.74 Å². The third-order valence-electron chi connectivity index (χ3n) is 2.44. The molecule has 0 saturated carbocycles. The summed E-state index contributed by atoms with van der Waals surface area (Å²) in [7, 11) is 0. The first-order valence-electron chi connectivity index (χ1n) is 5.04. The molecule has 84 valence electrons. The molecule has 3 heterocycles. The minimum absolute atomic E-state index is 0.0559. The highest BCUT2D eigenvalue weighted by molar-refractivity contribution is 9.10. The van der Waals surface area contributed by atoms with Gasteiger partial charge in [0.05, 0.1) is 0 Å². The molecule has 2 aromatic heterocycles. The first kappa shape index (κ1) is 10.0. The molecule has 2 aromatic rings. The van der Waals surface area contributed by atoms with E-state index in [1.54, 1.807) is 12.1 Å². The Balaban J connectivity index is 1.87. The summed E-state index contributed by atoms with van der Waals surface area (Å²) in [5.74, 6) is 1.57. The van der Waals surface area contributed by atoms with Crippen LogP contribution in [0.15, 0.2) is 25.7 Å². The number of rotatable bonds is 2. The summed E-state index contributed by atoms with van der Waals surface area (Å²) in [5, 5.41) is 3.86. The second-order valence-electron chi connectivity index (χ2n) is 3.56. The summed E-state index contributed by atoms with van der Waals surface area (Å²) >= 11 is 3.22. The van der Waals surface area contributed by atoms with E-state index in [2.05, 4.69) is 26.1 Å². The Hall–Kier alpha value is -1.14. The molecule has 0 spiro atoms. The van der Waals surface area contributed by atoms with E-state index in [4.69, 9.17) is 13.7 Å². The molecule has 0 N–H and O–H groups in total. The average molecular weight is 285 g/mol. The second kappa shape index (κ2) is 4.03. The quantitative estimate of drug-likeness (QED) is 0.848. The van der Waals surface area contributed by atoms with E-state index >= 15 is 0 Å². The summed E-state index contributed by atoms with van der Waals surface area (Å²) < 4.78 is 16.6. The standard InChI is InChI=1S/C10H9BrN2O3/c11-8-4-3-6(15-8)9-12-10(16-13-9)7-2-1-5-14-7/h3-4,7H,1-2,5H2/t7-/m0/s1. The Bertz CT molecular complexity index is 488. The van der Waals surface area contributed by atoms with Crippen molar-refractivity contribution in [3.05, 3.63) is 22.7 Å². The lowest BCUT2D eigenvalue weighted by Crippen LogP contribution is -1.95. The number of ether oxygens (including phenoxy) is 1. The van der Waals surface area contributed by atoms with Crippen LogP contribution in [-0.4, -0.2) is 16.7 Å². The molecular formula is C10H9BrN2O3. The molecule has 6 heteroatoms. The molecule has 0 aromatic carbocycles. The highest BCUT2D eigenvalue weighted by Crippen LogP contribution is 2.29. The van der Waals surface area contributed by atoms with Gasteiger partial charge in [0.1, 0.15) is 6.10 Å². The highest BCUT2D eigenvalue weighted by Gasteiger charge is 2.24. The molecule has 5 nitrogen and oxygen atoms in total. The maximum Gasteiger partial charge on any atom is 0.256 e. The van der Waals surface area contributed by atoms with Crippen LogP contribution in [0.2, 0.25) is 0 Å². The zero-order valence-corrected chi connectivity index (χ0v) is 9.94. The third kappa shape index (κ3) is 1.78. The highest BCUT2D eigenvalue weighted by atomic mass is 79.9. The fraction of sp³-hybridized carbons (Fsp3) is 0.400. The molecule has 1 aliphatic heterocycles. The summed E-state index contributed by atoms with van der Waals surface area (Å²) in [4.78, 5) is 4.26. The molecule has 0 aliphatic carbocycles. The maximum absolute atomic E-state index is 5.46. The van der Waals surface area contributed by atoms with Gasteiger partial charge in [-0.1, -0.05) is 5.16 Å². The Labute approximate surface area is 99.9 Å². The van der Waals surface area contributed by atoms with Crippen molar-refractivity contribution >= 4 is 15.9 Å². The lowest BCUT2D eigenvalue weighted by Gasteiger charge is -2.00. The van der Waals surface area contributed by atoms with Crippen LogP contribution in [0.25, 0.3) is 11.6 Å². The van der Waals surface area contributed by atoms with E-state index in [9.17, 15) is 0 Å². The predicted octanol–water partition coefficient (Wildman–Crippen LogP) is 2.94. The fourth-order valence-corrected chi connectivity index (χ4v) is 1.98. The fourth-order valence-electron chi connectivity index (χ4n) is 1.67. The Morgan fingerprint density at radius 1 is 1.38 bits per heavy atom. The number of furan rings is 1. The minimum Gasteiger partial charge on any atom is -0.446 e. The van der Waals surface area contributed by atoms with E-state index in [1.165, 1.54) is 0 Å². The summed E-state index contributed by atoms with van der Waals surface area (Å²) in [6.07, 6.45) is 1.91. The molecule has 3 rings (SSSR count). The first-order chi connectivity index (χ1) is 7.83. The average Bonchev–Trinajstić information content (AvgIpc) is 2.97. The van der Waals surface area contributed by atoms with E-state index in [-0.39, 0.29) is 6.10 Å². The SMILES string of the molecule is Brc1ccc(-c2noc([C@@H]3CCCO3)n2)o1. The Morgan fingerprint density at radius 3 is 3.00 bits per heavy atom. The monoisotopic (exact) mass is 284 g/mol. The van der Waals surface area contributed by atoms with Gasteiger partial charge in [-0.15, -0.1) is 0 Å². The zero-order chi connectivity index (χ0) is 11.0. The molecule has 0 bridgehead atoms. The van der Waals surface area contributed by atoms with Gasteiger partial charge in [0.25, 0.3) is 5.89 Å². The lowest BCUT2D eigenvalue weighted by atomic mass is 10.2. The lowest BCUT2D eigenvalue weighted by molar-refractivity contribution is 0.0835. The Morgan fingerprint density at radius 2 is 2.31 bits per heavy atom. The maximum atomic E-state index is 5.46. The van der Waals surface area contributed by atoms with Crippen molar-refractivity contribution in [3.63, 3.8) is 0 Å². The van der Waals surface area contributed by atoms with Crippen molar-refractivity contribution in [2.24, 2.45) is 0 Å². The van der Waals surface area contributed by atoms with E-state index < -0.39 is 0 Å². The summed E-state index contributed by atoms with van der Waals surface area (Å²) in [5.41, 5.74) is 0. The van der Waals surface area contributed by atoms with E-state index in [0.717, 1.165) is 19.4 Å². The number of hydrogen-bond donors (Lipinski definition) is 0. The molecule has 0 unspecified atom stereocenters. The largest absolute Gasteiger partial charge is 0.446 e. The van der Waals surface area contributed by atoms with Gasteiger partial charge in [0.15, 0.2) is 10.4 Å². The van der Waals surface area contributed by atoms with Crippen LogP contribution in [0.5, 0.6) is 0 Å². The molecule has 1 saturated heterocycles. The van der Waals surface area contributed by atoms with Crippen molar-refractivity contribution < 1.29 is 13.7 Å². The molecule has 1 fully saturated rings. The molecule has 1 atom stereocenters. The first-order valence-corrected chi connectivity index (χ1v) is 5.83. The number of nitrogens with zero attached hydrogens (tertiary/aromatic N) is 2. The van der Waals surface area contributed by atoms with Gasteiger partial charge in [-0.05, 0) is 40.9 Å². The van der Waals surface area contributed by atoms with Gasteiger partial charge in [0, 0.05) is 6.61 Å².